The van der Waals surface area contributed by atoms with Gasteiger partial charge in [-0.2, -0.15) is 0 Å². The van der Waals surface area contributed by atoms with Crippen molar-refractivity contribution >= 4 is 40.5 Å². The van der Waals surface area contributed by atoms with Crippen molar-refractivity contribution in [2.45, 2.75) is 33.4 Å². The molecule has 0 spiro atoms. The Morgan fingerprint density at radius 1 is 1.40 bits per heavy atom. The van der Waals surface area contributed by atoms with Gasteiger partial charge in [-0.15, -0.1) is 23.7 Å². The van der Waals surface area contributed by atoms with Crippen molar-refractivity contribution in [3.05, 3.63) is 40.9 Å². The number of hydrogen-bond donors (Lipinski definition) is 1. The fourth-order valence-corrected chi connectivity index (χ4v) is 3.80. The van der Waals surface area contributed by atoms with Crippen LogP contribution in [-0.4, -0.2) is 41.5 Å². The summed E-state index contributed by atoms with van der Waals surface area (Å²) in [7, 11) is 0. The molecule has 25 heavy (non-hydrogen) atoms. The van der Waals surface area contributed by atoms with Gasteiger partial charge in [-0.05, 0) is 26.0 Å². The molecular formula is C18H25ClN4OS. The smallest absolute Gasteiger partial charge is 0.230 e. The zero-order valence-electron chi connectivity index (χ0n) is 14.9. The average Bonchev–Trinajstić information content (AvgIpc) is 2.99. The van der Waals surface area contributed by atoms with Crippen LogP contribution in [0.25, 0.3) is 0 Å². The van der Waals surface area contributed by atoms with Gasteiger partial charge in [0.05, 0.1) is 11.4 Å². The molecule has 2 heterocycles. The molecule has 1 atom stereocenters. The average molecular weight is 381 g/mol. The van der Waals surface area contributed by atoms with E-state index in [1.54, 1.807) is 11.8 Å². The normalized spacial score (nSPS) is 17.8. The van der Waals surface area contributed by atoms with Crippen molar-refractivity contribution in [2.75, 3.05) is 24.5 Å². The Morgan fingerprint density at radius 2 is 2.12 bits per heavy atom. The van der Waals surface area contributed by atoms with Crippen molar-refractivity contribution in [3.8, 4) is 0 Å². The van der Waals surface area contributed by atoms with Gasteiger partial charge in [-0.1, -0.05) is 17.7 Å². The highest BCUT2D eigenvalue weighted by molar-refractivity contribution is 7.14. The Balaban J connectivity index is 0.00000225. The van der Waals surface area contributed by atoms with Gasteiger partial charge in [0.15, 0.2) is 5.13 Å². The molecule has 1 aliphatic heterocycles. The van der Waals surface area contributed by atoms with E-state index in [-0.39, 0.29) is 18.3 Å². The third-order valence-corrected chi connectivity index (χ3v) is 5.22. The number of rotatable bonds is 4. The lowest BCUT2D eigenvalue weighted by molar-refractivity contribution is -0.115. The molecule has 7 heteroatoms. The highest BCUT2D eigenvalue weighted by atomic mass is 35.5. The monoisotopic (exact) mass is 380 g/mol. The number of carbonyl (C=O) groups excluding carboxylic acids is 1. The van der Waals surface area contributed by atoms with E-state index in [1.165, 1.54) is 16.9 Å². The predicted octanol–water partition coefficient (Wildman–Crippen LogP) is 3.35. The maximum absolute atomic E-state index is 12.2. The fourth-order valence-electron chi connectivity index (χ4n) is 2.92. The molecule has 136 valence electrons. The van der Waals surface area contributed by atoms with Gasteiger partial charge in [0.25, 0.3) is 0 Å². The zero-order chi connectivity index (χ0) is 17.1. The lowest BCUT2D eigenvalue weighted by Crippen LogP contribution is -2.49. The molecule has 1 saturated heterocycles. The van der Waals surface area contributed by atoms with E-state index < -0.39 is 0 Å². The molecule has 1 aromatic heterocycles. The van der Waals surface area contributed by atoms with Gasteiger partial charge in [-0.3, -0.25) is 14.6 Å². The third-order valence-electron chi connectivity index (χ3n) is 4.34. The topological polar surface area (TPSA) is 48.5 Å². The maximum Gasteiger partial charge on any atom is 0.230 e. The number of nitrogens with zero attached hydrogens (tertiary/aromatic N) is 3. The Hall–Kier alpha value is -1.47. The van der Waals surface area contributed by atoms with Crippen LogP contribution < -0.4 is 10.2 Å². The molecule has 0 saturated carbocycles. The zero-order valence-corrected chi connectivity index (χ0v) is 16.5. The van der Waals surface area contributed by atoms with Gasteiger partial charge in [0.1, 0.15) is 0 Å². The molecule has 0 unspecified atom stereocenters. The van der Waals surface area contributed by atoms with Crippen LogP contribution in [0, 0.1) is 6.92 Å². The second kappa shape index (κ2) is 8.76. The van der Waals surface area contributed by atoms with E-state index in [2.05, 4.69) is 22.5 Å². The summed E-state index contributed by atoms with van der Waals surface area (Å²) in [4.78, 5) is 21.0. The Bertz CT molecular complexity index is 703. The SMILES string of the molecule is CC(=O)N(c1ccc(C)cc1)c1nc(CN2CCNC[C@@H]2C)cs1.Cl. The van der Waals surface area contributed by atoms with E-state index in [9.17, 15) is 4.79 Å². The van der Waals surface area contributed by atoms with Gasteiger partial charge in [-0.25, -0.2) is 4.98 Å². The first-order valence-corrected chi connectivity index (χ1v) is 9.19. The quantitative estimate of drug-likeness (QED) is 0.883. The maximum atomic E-state index is 12.2. The summed E-state index contributed by atoms with van der Waals surface area (Å²) in [5, 5.41) is 6.21. The van der Waals surface area contributed by atoms with Crippen LogP contribution >= 0.6 is 23.7 Å². The fraction of sp³-hybridized carbons (Fsp3) is 0.444. The molecule has 2 aromatic rings. The Labute approximate surface area is 159 Å². The molecule has 1 N–H and O–H groups in total. The minimum absolute atomic E-state index is 0. The first-order chi connectivity index (χ1) is 11.5. The van der Waals surface area contributed by atoms with E-state index in [0.717, 1.165) is 42.7 Å². The van der Waals surface area contributed by atoms with Crippen LogP contribution in [0.1, 0.15) is 25.1 Å². The predicted molar refractivity (Wildman–Crippen MR) is 106 cm³/mol. The van der Waals surface area contributed by atoms with E-state index in [4.69, 9.17) is 4.98 Å². The van der Waals surface area contributed by atoms with E-state index >= 15 is 0 Å². The van der Waals surface area contributed by atoms with Crippen molar-refractivity contribution in [3.63, 3.8) is 0 Å². The minimum Gasteiger partial charge on any atom is -0.314 e. The van der Waals surface area contributed by atoms with Crippen LogP contribution in [0.3, 0.4) is 0 Å². The summed E-state index contributed by atoms with van der Waals surface area (Å²) in [6.07, 6.45) is 0. The number of aryl methyl sites for hydroxylation is 1. The minimum atomic E-state index is -0.0182. The lowest BCUT2D eigenvalue weighted by atomic mass is 10.2. The van der Waals surface area contributed by atoms with E-state index in [1.807, 2.05) is 31.2 Å². The van der Waals surface area contributed by atoms with Gasteiger partial charge in [0.2, 0.25) is 5.91 Å². The second-order valence-electron chi connectivity index (χ2n) is 6.34. The molecule has 1 aromatic carbocycles. The number of hydrogen-bond acceptors (Lipinski definition) is 5. The summed E-state index contributed by atoms with van der Waals surface area (Å²) in [6, 6.07) is 8.47. The molecular weight excluding hydrogens is 356 g/mol. The summed E-state index contributed by atoms with van der Waals surface area (Å²) in [6.45, 7) is 9.75. The van der Waals surface area contributed by atoms with Gasteiger partial charge < -0.3 is 5.32 Å². The van der Waals surface area contributed by atoms with Crippen molar-refractivity contribution in [2.24, 2.45) is 0 Å². The standard InChI is InChI=1S/C18H24N4OS.ClH/c1-13-4-6-17(7-5-13)22(15(3)23)18-20-16(12-24-18)11-21-9-8-19-10-14(21)2;/h4-7,12,14,19H,8-11H2,1-3H3;1H/t14-;/m0./s1. The summed E-state index contributed by atoms with van der Waals surface area (Å²) in [5.74, 6) is -0.0182. The molecule has 5 nitrogen and oxygen atoms in total. The lowest BCUT2D eigenvalue weighted by Gasteiger charge is -2.33. The van der Waals surface area contributed by atoms with Gasteiger partial charge in [0, 0.05) is 44.5 Å². The molecule has 0 bridgehead atoms. The van der Waals surface area contributed by atoms with E-state index in [0.29, 0.717) is 6.04 Å². The molecule has 1 aliphatic rings. The second-order valence-corrected chi connectivity index (χ2v) is 7.17. The molecule has 1 fully saturated rings. The number of piperazine rings is 1. The number of anilines is 2. The Kier molecular flexibility index (Phi) is 6.95. The molecule has 3 rings (SSSR count). The van der Waals surface area contributed by atoms with Crippen LogP contribution in [0.5, 0.6) is 0 Å². The van der Waals surface area contributed by atoms with Crippen molar-refractivity contribution < 1.29 is 4.79 Å². The number of thiazole rings is 1. The largest absolute Gasteiger partial charge is 0.314 e. The molecule has 0 aliphatic carbocycles. The number of nitrogens with one attached hydrogen (secondary N) is 1. The van der Waals surface area contributed by atoms with Gasteiger partial charge >= 0.3 is 0 Å². The highest BCUT2D eigenvalue weighted by Crippen LogP contribution is 2.29. The number of carbonyl (C=O) groups is 1. The Morgan fingerprint density at radius 3 is 2.76 bits per heavy atom. The third kappa shape index (κ3) is 4.79. The van der Waals surface area contributed by atoms with Crippen molar-refractivity contribution in [1.29, 1.82) is 0 Å². The summed E-state index contributed by atoms with van der Waals surface area (Å²) >= 11 is 1.53. The molecule has 1 amide bonds. The number of benzene rings is 1. The number of amides is 1. The summed E-state index contributed by atoms with van der Waals surface area (Å²) in [5.41, 5.74) is 3.07. The van der Waals surface area contributed by atoms with Crippen molar-refractivity contribution in [1.82, 2.24) is 15.2 Å². The van der Waals surface area contributed by atoms with Crippen LogP contribution in [-0.2, 0) is 11.3 Å². The van der Waals surface area contributed by atoms with Crippen LogP contribution in [0.15, 0.2) is 29.6 Å². The number of aromatic nitrogens is 1. The highest BCUT2D eigenvalue weighted by Gasteiger charge is 2.21. The number of halogens is 1. The summed E-state index contributed by atoms with van der Waals surface area (Å²) < 4.78 is 0. The van der Waals surface area contributed by atoms with Crippen LogP contribution in [0.2, 0.25) is 0 Å². The first kappa shape index (κ1) is 19.8. The molecule has 0 radical (unpaired) electrons. The first-order valence-electron chi connectivity index (χ1n) is 8.31. The van der Waals surface area contributed by atoms with Crippen LogP contribution in [0.4, 0.5) is 10.8 Å².